The number of anilines is 1. The van der Waals surface area contributed by atoms with Crippen molar-refractivity contribution in [2.24, 2.45) is 5.92 Å². The van der Waals surface area contributed by atoms with Crippen LogP contribution in [0.25, 0.3) is 11.4 Å². The summed E-state index contributed by atoms with van der Waals surface area (Å²) in [4.78, 5) is 22.0. The van der Waals surface area contributed by atoms with E-state index in [1.807, 2.05) is 29.2 Å². The SMILES string of the molecule is CC[C@@H]1CCCCN1CCCNC(=O)[C@@H]1CCCN(c2nc(-c3ccc(OC)cc3)no2)C1. The molecule has 2 atom stereocenters. The molecule has 3 heterocycles. The fourth-order valence-electron chi connectivity index (χ4n) is 5.02. The maximum Gasteiger partial charge on any atom is 0.324 e. The van der Waals surface area contributed by atoms with Gasteiger partial charge in [0.25, 0.3) is 0 Å². The lowest BCUT2D eigenvalue weighted by Crippen LogP contribution is -2.44. The Bertz CT molecular complexity index is 884. The van der Waals surface area contributed by atoms with Crippen molar-refractivity contribution in [3.63, 3.8) is 0 Å². The van der Waals surface area contributed by atoms with E-state index in [0.717, 1.165) is 56.3 Å². The Labute approximate surface area is 196 Å². The largest absolute Gasteiger partial charge is 0.497 e. The molecule has 0 saturated carbocycles. The standard InChI is InChI=1S/C25H37N5O3/c1-3-21-9-4-5-15-29(21)17-7-14-26-24(31)20-8-6-16-30(18-20)25-27-23(28-33-25)19-10-12-22(32-2)13-11-19/h10-13,20-21H,3-9,14-18H2,1-2H3,(H,26,31)/t20-,21-/m1/s1. The third-order valence-electron chi connectivity index (χ3n) is 6.97. The molecule has 8 nitrogen and oxygen atoms in total. The second-order valence-corrected chi connectivity index (χ2v) is 9.15. The molecule has 1 amide bonds. The first-order valence-electron chi connectivity index (χ1n) is 12.4. The molecule has 2 fully saturated rings. The third kappa shape index (κ3) is 6.05. The molecule has 180 valence electrons. The minimum absolute atomic E-state index is 0.0477. The predicted octanol–water partition coefficient (Wildman–Crippen LogP) is 3.73. The number of likely N-dealkylation sites (tertiary alicyclic amines) is 1. The minimum Gasteiger partial charge on any atom is -0.497 e. The summed E-state index contributed by atoms with van der Waals surface area (Å²) >= 11 is 0. The van der Waals surface area contributed by atoms with Gasteiger partial charge in [0.15, 0.2) is 0 Å². The van der Waals surface area contributed by atoms with Gasteiger partial charge in [-0.3, -0.25) is 4.79 Å². The number of carbonyl (C=O) groups is 1. The van der Waals surface area contributed by atoms with Crippen molar-refractivity contribution < 1.29 is 14.1 Å². The molecule has 0 unspecified atom stereocenters. The maximum atomic E-state index is 12.8. The number of carbonyl (C=O) groups excluding carboxylic acids is 1. The van der Waals surface area contributed by atoms with E-state index in [2.05, 4.69) is 27.3 Å². The summed E-state index contributed by atoms with van der Waals surface area (Å²) in [5.41, 5.74) is 0.871. The van der Waals surface area contributed by atoms with Crippen molar-refractivity contribution in [1.29, 1.82) is 0 Å². The van der Waals surface area contributed by atoms with E-state index in [0.29, 0.717) is 18.4 Å². The van der Waals surface area contributed by atoms with Crippen LogP contribution in [-0.4, -0.2) is 66.8 Å². The summed E-state index contributed by atoms with van der Waals surface area (Å²) in [6.07, 6.45) is 8.03. The van der Waals surface area contributed by atoms with Gasteiger partial charge in [0.05, 0.1) is 13.0 Å². The van der Waals surface area contributed by atoms with Gasteiger partial charge in [-0.15, -0.1) is 0 Å². The normalized spacial score (nSPS) is 21.7. The zero-order chi connectivity index (χ0) is 23.0. The van der Waals surface area contributed by atoms with Gasteiger partial charge in [-0.05, 0) is 69.3 Å². The van der Waals surface area contributed by atoms with Gasteiger partial charge >= 0.3 is 6.01 Å². The van der Waals surface area contributed by atoms with Crippen LogP contribution < -0.4 is 15.0 Å². The third-order valence-corrected chi connectivity index (χ3v) is 6.97. The summed E-state index contributed by atoms with van der Waals surface area (Å²) in [5.74, 6) is 1.42. The molecule has 8 heteroatoms. The highest BCUT2D eigenvalue weighted by Gasteiger charge is 2.28. The minimum atomic E-state index is -0.0477. The van der Waals surface area contributed by atoms with E-state index in [1.54, 1.807) is 7.11 Å². The van der Waals surface area contributed by atoms with Crippen LogP contribution in [0.3, 0.4) is 0 Å². The van der Waals surface area contributed by atoms with Crippen molar-refractivity contribution in [2.75, 3.05) is 44.7 Å². The summed E-state index contributed by atoms with van der Waals surface area (Å²) in [6.45, 7) is 6.73. The molecule has 2 aliphatic heterocycles. The van der Waals surface area contributed by atoms with E-state index >= 15 is 0 Å². The van der Waals surface area contributed by atoms with Gasteiger partial charge in [0.2, 0.25) is 11.7 Å². The highest BCUT2D eigenvalue weighted by atomic mass is 16.5. The lowest BCUT2D eigenvalue weighted by molar-refractivity contribution is -0.125. The average molecular weight is 456 g/mol. The zero-order valence-corrected chi connectivity index (χ0v) is 20.0. The van der Waals surface area contributed by atoms with Crippen molar-refractivity contribution in [2.45, 2.75) is 57.9 Å². The lowest BCUT2D eigenvalue weighted by atomic mass is 9.97. The average Bonchev–Trinajstić information content (AvgIpc) is 3.37. The van der Waals surface area contributed by atoms with Gasteiger partial charge in [0.1, 0.15) is 5.75 Å². The van der Waals surface area contributed by atoms with Crippen LogP contribution in [0.5, 0.6) is 5.75 Å². The molecule has 0 bridgehead atoms. The molecule has 2 saturated heterocycles. The Morgan fingerprint density at radius 1 is 1.18 bits per heavy atom. The molecule has 0 radical (unpaired) electrons. The Kier molecular flexibility index (Phi) is 8.20. The Hall–Kier alpha value is -2.61. The van der Waals surface area contributed by atoms with Crippen molar-refractivity contribution >= 4 is 11.9 Å². The Balaban J connectivity index is 1.25. The quantitative estimate of drug-likeness (QED) is 0.577. The second-order valence-electron chi connectivity index (χ2n) is 9.15. The number of amides is 1. The van der Waals surface area contributed by atoms with Gasteiger partial charge in [-0.1, -0.05) is 18.5 Å². The van der Waals surface area contributed by atoms with Gasteiger partial charge in [-0.25, -0.2) is 0 Å². The molecular formula is C25H37N5O3. The van der Waals surface area contributed by atoms with Crippen LogP contribution in [0, 0.1) is 5.92 Å². The fraction of sp³-hybridized carbons (Fsp3) is 0.640. The van der Waals surface area contributed by atoms with Crippen LogP contribution in [0.1, 0.15) is 51.9 Å². The fourth-order valence-corrected chi connectivity index (χ4v) is 5.02. The zero-order valence-electron chi connectivity index (χ0n) is 20.0. The van der Waals surface area contributed by atoms with Crippen molar-refractivity contribution in [3.05, 3.63) is 24.3 Å². The van der Waals surface area contributed by atoms with Crippen LogP contribution in [-0.2, 0) is 4.79 Å². The first-order valence-corrected chi connectivity index (χ1v) is 12.4. The van der Waals surface area contributed by atoms with Crippen LogP contribution >= 0.6 is 0 Å². The van der Waals surface area contributed by atoms with E-state index in [4.69, 9.17) is 9.26 Å². The number of aromatic nitrogens is 2. The molecule has 2 aliphatic rings. The van der Waals surface area contributed by atoms with Crippen molar-refractivity contribution in [1.82, 2.24) is 20.4 Å². The van der Waals surface area contributed by atoms with Gasteiger partial charge in [-0.2, -0.15) is 4.98 Å². The maximum absolute atomic E-state index is 12.8. The monoisotopic (exact) mass is 455 g/mol. The summed E-state index contributed by atoms with van der Waals surface area (Å²) in [7, 11) is 1.64. The van der Waals surface area contributed by atoms with Crippen LogP contribution in [0.2, 0.25) is 0 Å². The van der Waals surface area contributed by atoms with E-state index in [-0.39, 0.29) is 11.8 Å². The van der Waals surface area contributed by atoms with E-state index in [1.165, 1.54) is 32.2 Å². The van der Waals surface area contributed by atoms with Crippen molar-refractivity contribution in [3.8, 4) is 17.1 Å². The summed E-state index contributed by atoms with van der Waals surface area (Å²) in [6, 6.07) is 8.77. The Morgan fingerprint density at radius 3 is 2.82 bits per heavy atom. The summed E-state index contributed by atoms with van der Waals surface area (Å²) in [5, 5.41) is 7.30. The molecule has 1 aromatic carbocycles. The number of ether oxygens (including phenoxy) is 1. The number of methoxy groups -OCH3 is 1. The smallest absolute Gasteiger partial charge is 0.324 e. The first-order chi connectivity index (χ1) is 16.2. The first kappa shape index (κ1) is 23.5. The van der Waals surface area contributed by atoms with E-state index in [9.17, 15) is 4.79 Å². The highest BCUT2D eigenvalue weighted by Crippen LogP contribution is 2.26. The van der Waals surface area contributed by atoms with Crippen LogP contribution in [0.4, 0.5) is 6.01 Å². The molecule has 4 rings (SSSR count). The molecule has 1 aromatic heterocycles. The second kappa shape index (κ2) is 11.5. The molecule has 0 aliphatic carbocycles. The number of piperidine rings is 2. The summed E-state index contributed by atoms with van der Waals surface area (Å²) < 4.78 is 10.7. The molecule has 0 spiro atoms. The Morgan fingerprint density at radius 2 is 2.03 bits per heavy atom. The number of hydrogen-bond acceptors (Lipinski definition) is 7. The number of nitrogens with zero attached hydrogens (tertiary/aromatic N) is 4. The van der Waals surface area contributed by atoms with Gasteiger partial charge < -0.3 is 24.4 Å². The predicted molar refractivity (Wildman–Crippen MR) is 128 cm³/mol. The number of rotatable bonds is 9. The molecule has 1 N–H and O–H groups in total. The number of hydrogen-bond donors (Lipinski definition) is 1. The molecule has 33 heavy (non-hydrogen) atoms. The number of benzene rings is 1. The number of nitrogens with one attached hydrogen (secondary N) is 1. The molecule has 2 aromatic rings. The van der Waals surface area contributed by atoms with Crippen LogP contribution in [0.15, 0.2) is 28.8 Å². The van der Waals surface area contributed by atoms with E-state index < -0.39 is 0 Å². The topological polar surface area (TPSA) is 83.7 Å². The highest BCUT2D eigenvalue weighted by molar-refractivity contribution is 5.79. The lowest BCUT2D eigenvalue weighted by Gasteiger charge is -2.35. The molecular weight excluding hydrogens is 418 g/mol. The van der Waals surface area contributed by atoms with Gasteiger partial charge in [0, 0.05) is 37.8 Å².